The maximum atomic E-state index is 7.57. The Balaban J connectivity index is -0.0000000160. The topological polar surface area (TPSA) is 69.0 Å². The van der Waals surface area contributed by atoms with Crippen molar-refractivity contribution in [3.63, 3.8) is 0 Å². The van der Waals surface area contributed by atoms with E-state index in [1.807, 2.05) is 0 Å². The van der Waals surface area contributed by atoms with E-state index in [1.165, 1.54) is 0 Å². The fourth-order valence-electron chi connectivity index (χ4n) is 0. The predicted octanol–water partition coefficient (Wildman–Crippen LogP) is -0.124. The molecule has 0 rings (SSSR count). The van der Waals surface area contributed by atoms with Crippen LogP contribution in [0.1, 0.15) is 13.8 Å². The molecule has 0 aliphatic rings. The molecule has 0 aromatic heterocycles. The van der Waals surface area contributed by atoms with E-state index in [0.29, 0.717) is 0 Å². The van der Waals surface area contributed by atoms with Gasteiger partial charge in [0.25, 0.3) is 0 Å². The second kappa shape index (κ2) is 49.1. The number of aliphatic hydroxyl groups is 2. The van der Waals surface area contributed by atoms with Gasteiger partial charge in [0.15, 0.2) is 0 Å². The SMILES string of the molecule is CCO.CCO.[O-2].[Ti+2]. The van der Waals surface area contributed by atoms with E-state index in [0.717, 1.165) is 0 Å². The third-order valence-electron chi connectivity index (χ3n) is 0. The molecule has 0 aliphatic heterocycles. The molecule has 0 bridgehead atoms. The summed E-state index contributed by atoms with van der Waals surface area (Å²) in [7, 11) is 0. The van der Waals surface area contributed by atoms with Crippen LogP contribution in [0.2, 0.25) is 0 Å². The van der Waals surface area contributed by atoms with Crippen molar-refractivity contribution in [2.45, 2.75) is 13.8 Å². The summed E-state index contributed by atoms with van der Waals surface area (Å²) in [5.74, 6) is 0. The van der Waals surface area contributed by atoms with Crippen molar-refractivity contribution in [1.82, 2.24) is 0 Å². The van der Waals surface area contributed by atoms with Crippen molar-refractivity contribution in [2.24, 2.45) is 0 Å². The van der Waals surface area contributed by atoms with Gasteiger partial charge in [-0.3, -0.25) is 0 Å². The van der Waals surface area contributed by atoms with Crippen molar-refractivity contribution >= 4 is 0 Å². The summed E-state index contributed by atoms with van der Waals surface area (Å²) in [5, 5.41) is 15.1. The van der Waals surface area contributed by atoms with Gasteiger partial charge >= 0.3 is 21.7 Å². The molecule has 0 atom stereocenters. The maximum Gasteiger partial charge on any atom is 2.00 e. The van der Waals surface area contributed by atoms with Crippen LogP contribution < -0.4 is 0 Å². The van der Waals surface area contributed by atoms with Gasteiger partial charge < -0.3 is 15.7 Å². The molecule has 50 valence electrons. The van der Waals surface area contributed by atoms with Crippen LogP contribution in [-0.2, 0) is 27.2 Å². The summed E-state index contributed by atoms with van der Waals surface area (Å²) in [6.07, 6.45) is 0. The molecule has 0 unspecified atom stereocenters. The Bertz CT molecular complexity index is 13.2. The van der Waals surface area contributed by atoms with Crippen LogP contribution in [0.25, 0.3) is 0 Å². The molecular weight excluding hydrogens is 144 g/mol. The molecule has 4 heteroatoms. The predicted molar refractivity (Wildman–Crippen MR) is 26.2 cm³/mol. The Hall–Kier alpha value is 0.594. The van der Waals surface area contributed by atoms with Gasteiger partial charge in [-0.1, -0.05) is 0 Å². The number of rotatable bonds is 0. The minimum atomic E-state index is 0. The zero-order chi connectivity index (χ0) is 5.41. The average Bonchev–Trinajstić information content (AvgIpc) is 1.39. The first-order chi connectivity index (χ1) is 2.83. The van der Waals surface area contributed by atoms with E-state index in [9.17, 15) is 0 Å². The molecular formula is C4H12O3Ti. The Labute approximate surface area is 64.9 Å². The molecule has 0 aromatic rings. The van der Waals surface area contributed by atoms with Crippen LogP contribution >= 0.6 is 0 Å². The van der Waals surface area contributed by atoms with Crippen LogP contribution in [-0.4, -0.2) is 23.4 Å². The third-order valence-corrected chi connectivity index (χ3v) is 0. The zero-order valence-electron chi connectivity index (χ0n) is 5.22. The van der Waals surface area contributed by atoms with Crippen LogP contribution in [0, 0.1) is 0 Å². The molecule has 0 spiro atoms. The molecule has 0 amide bonds. The van der Waals surface area contributed by atoms with Crippen molar-refractivity contribution in [3.8, 4) is 0 Å². The molecule has 2 N–H and O–H groups in total. The van der Waals surface area contributed by atoms with E-state index in [4.69, 9.17) is 10.2 Å². The monoisotopic (exact) mass is 156 g/mol. The first kappa shape index (κ1) is 23.5. The number of aliphatic hydroxyl groups excluding tert-OH is 2. The average molecular weight is 156 g/mol. The van der Waals surface area contributed by atoms with E-state index in [-0.39, 0.29) is 40.4 Å². The zero-order valence-corrected chi connectivity index (χ0v) is 6.78. The van der Waals surface area contributed by atoms with E-state index in [1.54, 1.807) is 13.8 Å². The molecule has 8 heavy (non-hydrogen) atoms. The third kappa shape index (κ3) is 584. The second-order valence-electron chi connectivity index (χ2n) is 0.632. The summed E-state index contributed by atoms with van der Waals surface area (Å²) in [4.78, 5) is 0. The van der Waals surface area contributed by atoms with Gasteiger partial charge in [0.05, 0.1) is 0 Å². The Kier molecular flexibility index (Phi) is 144. The molecule has 0 heterocycles. The van der Waals surface area contributed by atoms with Gasteiger partial charge in [-0.05, 0) is 13.8 Å². The molecule has 0 aliphatic carbocycles. The summed E-state index contributed by atoms with van der Waals surface area (Å²) < 4.78 is 0. The normalized spacial score (nSPS) is 4.50. The van der Waals surface area contributed by atoms with Crippen molar-refractivity contribution in [1.29, 1.82) is 0 Å². The summed E-state index contributed by atoms with van der Waals surface area (Å²) in [6, 6.07) is 0. The smallest absolute Gasteiger partial charge is 2.00 e. The Morgan fingerprint density at radius 2 is 1.00 bits per heavy atom. The second-order valence-corrected chi connectivity index (χ2v) is 0.632. The summed E-state index contributed by atoms with van der Waals surface area (Å²) >= 11 is 0. The van der Waals surface area contributed by atoms with E-state index >= 15 is 0 Å². The molecule has 3 nitrogen and oxygen atoms in total. The standard InChI is InChI=1S/2C2H6O.O.Ti/c2*1-2-3;;/h2*3H,2H2,1H3;;/q;;-2;+2. The van der Waals surface area contributed by atoms with Crippen LogP contribution in [0.15, 0.2) is 0 Å². The van der Waals surface area contributed by atoms with Gasteiger partial charge in [0.1, 0.15) is 0 Å². The summed E-state index contributed by atoms with van der Waals surface area (Å²) in [5.41, 5.74) is 0. The quantitative estimate of drug-likeness (QED) is 0.480. The van der Waals surface area contributed by atoms with Gasteiger partial charge in [-0.15, -0.1) is 0 Å². The minimum absolute atomic E-state index is 0. The van der Waals surface area contributed by atoms with Crippen LogP contribution in [0.5, 0.6) is 0 Å². The van der Waals surface area contributed by atoms with Crippen molar-refractivity contribution < 1.29 is 37.4 Å². The number of hydrogen-bond donors (Lipinski definition) is 2. The molecule has 0 aromatic carbocycles. The van der Waals surface area contributed by atoms with Crippen LogP contribution in [0.3, 0.4) is 0 Å². The fraction of sp³-hybridized carbons (Fsp3) is 1.00. The van der Waals surface area contributed by atoms with E-state index in [2.05, 4.69) is 0 Å². The molecule has 0 fully saturated rings. The van der Waals surface area contributed by atoms with Gasteiger partial charge in [-0.2, -0.15) is 0 Å². The summed E-state index contributed by atoms with van der Waals surface area (Å²) in [6.45, 7) is 3.86. The molecule has 0 saturated heterocycles. The van der Waals surface area contributed by atoms with Crippen molar-refractivity contribution in [2.75, 3.05) is 13.2 Å². The largest absolute Gasteiger partial charge is 2.00 e. The van der Waals surface area contributed by atoms with Crippen LogP contribution in [0.4, 0.5) is 0 Å². The van der Waals surface area contributed by atoms with Gasteiger partial charge in [-0.25, -0.2) is 0 Å². The van der Waals surface area contributed by atoms with Crippen molar-refractivity contribution in [3.05, 3.63) is 0 Å². The Morgan fingerprint density at radius 3 is 1.00 bits per heavy atom. The maximum absolute atomic E-state index is 7.57. The fourth-order valence-corrected chi connectivity index (χ4v) is 0. The van der Waals surface area contributed by atoms with E-state index < -0.39 is 0 Å². The molecule has 0 saturated carbocycles. The number of hydrogen-bond acceptors (Lipinski definition) is 2. The van der Waals surface area contributed by atoms with Gasteiger partial charge in [0.2, 0.25) is 0 Å². The molecule has 0 radical (unpaired) electrons. The van der Waals surface area contributed by atoms with Gasteiger partial charge in [0, 0.05) is 13.2 Å². The first-order valence-electron chi connectivity index (χ1n) is 2.05. The first-order valence-corrected chi connectivity index (χ1v) is 2.05. The Morgan fingerprint density at radius 1 is 1.00 bits per heavy atom. The minimum Gasteiger partial charge on any atom is -2.00 e.